The Balaban J connectivity index is 1.56. The summed E-state index contributed by atoms with van der Waals surface area (Å²) in [6, 6.07) is 0.594. The van der Waals surface area contributed by atoms with E-state index in [1.807, 2.05) is 11.8 Å². The molecular weight excluding hydrogens is 282 g/mol. The quantitative estimate of drug-likeness (QED) is 0.757. The highest BCUT2D eigenvalue weighted by Gasteiger charge is 2.23. The highest BCUT2D eigenvalue weighted by atomic mass is 32.2. The van der Waals surface area contributed by atoms with E-state index < -0.39 is 0 Å². The maximum atomic E-state index is 10.1. The third kappa shape index (κ3) is 6.09. The van der Waals surface area contributed by atoms with Crippen molar-refractivity contribution in [2.24, 2.45) is 5.92 Å². The van der Waals surface area contributed by atoms with Crippen LogP contribution in [0.3, 0.4) is 0 Å². The predicted octanol–water partition coefficient (Wildman–Crippen LogP) is 3.21. The maximum Gasteiger partial charge on any atom is 0.0897 e. The van der Waals surface area contributed by atoms with Crippen LogP contribution in [0.2, 0.25) is 0 Å². The van der Waals surface area contributed by atoms with Crippen LogP contribution in [0, 0.1) is 5.92 Å². The van der Waals surface area contributed by atoms with Crippen LogP contribution >= 0.6 is 11.8 Å². The van der Waals surface area contributed by atoms with E-state index in [1.54, 1.807) is 0 Å². The van der Waals surface area contributed by atoms with Gasteiger partial charge in [0.05, 0.1) is 18.8 Å². The molecule has 2 saturated carbocycles. The molecule has 0 aromatic rings. The van der Waals surface area contributed by atoms with Crippen LogP contribution in [0.5, 0.6) is 0 Å². The lowest BCUT2D eigenvalue weighted by atomic mass is 9.88. The SMILES string of the molecule is CSC1CCC(NCC(O)COC2CCCCC2C)CC1. The number of nitrogens with one attached hydrogen (secondary N) is 1. The number of aliphatic hydroxyl groups is 1. The Bertz CT molecular complexity index is 282. The first kappa shape index (κ1) is 17.6. The molecule has 2 rings (SSSR count). The van der Waals surface area contributed by atoms with Gasteiger partial charge in [-0.1, -0.05) is 19.8 Å². The molecule has 0 aromatic heterocycles. The van der Waals surface area contributed by atoms with E-state index in [-0.39, 0.29) is 6.10 Å². The molecule has 0 saturated heterocycles. The lowest BCUT2D eigenvalue weighted by Gasteiger charge is -2.31. The molecule has 0 amide bonds. The van der Waals surface area contributed by atoms with Crippen molar-refractivity contribution in [3.8, 4) is 0 Å². The number of aliphatic hydroxyl groups excluding tert-OH is 1. The van der Waals surface area contributed by atoms with E-state index in [2.05, 4.69) is 18.5 Å². The molecule has 0 heterocycles. The average molecular weight is 316 g/mol. The summed E-state index contributed by atoms with van der Waals surface area (Å²) < 4.78 is 5.94. The largest absolute Gasteiger partial charge is 0.389 e. The molecule has 2 fully saturated rings. The normalized spacial score (nSPS) is 35.6. The first-order valence-corrected chi connectivity index (χ1v) is 10.0. The van der Waals surface area contributed by atoms with E-state index in [9.17, 15) is 5.11 Å². The standard InChI is InChI=1S/C17H33NO2S/c1-13-5-3-4-6-17(13)20-12-15(19)11-18-14-7-9-16(21-2)10-8-14/h13-19H,3-12H2,1-2H3. The molecule has 21 heavy (non-hydrogen) atoms. The fourth-order valence-corrected chi connectivity index (χ4v) is 4.37. The fraction of sp³-hybridized carbons (Fsp3) is 1.00. The zero-order valence-corrected chi connectivity index (χ0v) is 14.5. The van der Waals surface area contributed by atoms with Gasteiger partial charge in [-0.3, -0.25) is 0 Å². The molecule has 0 radical (unpaired) electrons. The van der Waals surface area contributed by atoms with Crippen molar-refractivity contribution in [2.45, 2.75) is 81.8 Å². The monoisotopic (exact) mass is 315 g/mol. The molecule has 0 aromatic carbocycles. The summed E-state index contributed by atoms with van der Waals surface area (Å²) in [7, 11) is 0. The molecule has 0 aliphatic heterocycles. The summed E-state index contributed by atoms with van der Waals surface area (Å²) in [5.74, 6) is 0.653. The van der Waals surface area contributed by atoms with Gasteiger partial charge in [0.15, 0.2) is 0 Å². The van der Waals surface area contributed by atoms with Gasteiger partial charge in [0, 0.05) is 17.8 Å². The number of rotatable bonds is 7. The van der Waals surface area contributed by atoms with Gasteiger partial charge in [-0.25, -0.2) is 0 Å². The molecule has 2 aliphatic rings. The molecule has 3 atom stereocenters. The van der Waals surface area contributed by atoms with E-state index in [0.29, 0.717) is 31.2 Å². The van der Waals surface area contributed by atoms with Gasteiger partial charge in [-0.05, 0) is 50.7 Å². The van der Waals surface area contributed by atoms with Crippen LogP contribution in [0.4, 0.5) is 0 Å². The molecule has 0 bridgehead atoms. The summed E-state index contributed by atoms with van der Waals surface area (Å²) >= 11 is 2.00. The molecule has 4 heteroatoms. The Morgan fingerprint density at radius 1 is 1.14 bits per heavy atom. The van der Waals surface area contributed by atoms with Crippen molar-refractivity contribution in [3.63, 3.8) is 0 Å². The minimum absolute atomic E-state index is 0.364. The number of ether oxygens (including phenoxy) is 1. The molecular formula is C17H33NO2S. The summed E-state index contributed by atoms with van der Waals surface area (Å²) in [5, 5.41) is 14.5. The smallest absolute Gasteiger partial charge is 0.0897 e. The highest BCUT2D eigenvalue weighted by molar-refractivity contribution is 7.99. The van der Waals surface area contributed by atoms with Gasteiger partial charge in [0.25, 0.3) is 0 Å². The van der Waals surface area contributed by atoms with Crippen molar-refractivity contribution in [1.82, 2.24) is 5.32 Å². The van der Waals surface area contributed by atoms with E-state index in [0.717, 1.165) is 5.25 Å². The van der Waals surface area contributed by atoms with Gasteiger partial charge < -0.3 is 15.2 Å². The molecule has 3 nitrogen and oxygen atoms in total. The van der Waals surface area contributed by atoms with E-state index in [1.165, 1.54) is 51.4 Å². The average Bonchev–Trinajstić information content (AvgIpc) is 2.52. The minimum Gasteiger partial charge on any atom is -0.389 e. The molecule has 124 valence electrons. The summed E-state index contributed by atoms with van der Waals surface area (Å²) in [5.41, 5.74) is 0. The summed E-state index contributed by atoms with van der Waals surface area (Å²) in [6.07, 6.45) is 12.4. The van der Waals surface area contributed by atoms with Crippen LogP contribution in [0.1, 0.15) is 58.3 Å². The first-order chi connectivity index (χ1) is 10.2. The second-order valence-corrected chi connectivity index (χ2v) is 8.04. The topological polar surface area (TPSA) is 41.5 Å². The van der Waals surface area contributed by atoms with Crippen molar-refractivity contribution >= 4 is 11.8 Å². The second kappa shape index (κ2) is 9.39. The summed E-state index contributed by atoms with van der Waals surface area (Å²) in [4.78, 5) is 0. The van der Waals surface area contributed by atoms with Crippen molar-refractivity contribution in [1.29, 1.82) is 0 Å². The van der Waals surface area contributed by atoms with Crippen LogP contribution < -0.4 is 5.32 Å². The Morgan fingerprint density at radius 3 is 2.52 bits per heavy atom. The van der Waals surface area contributed by atoms with Gasteiger partial charge in [-0.2, -0.15) is 11.8 Å². The molecule has 2 aliphatic carbocycles. The van der Waals surface area contributed by atoms with E-state index in [4.69, 9.17) is 4.74 Å². The lowest BCUT2D eigenvalue weighted by Crippen LogP contribution is -2.40. The molecule has 0 spiro atoms. The van der Waals surface area contributed by atoms with Crippen molar-refractivity contribution in [3.05, 3.63) is 0 Å². The van der Waals surface area contributed by atoms with Crippen LogP contribution in [0.15, 0.2) is 0 Å². The Hall–Kier alpha value is 0.230. The van der Waals surface area contributed by atoms with Crippen LogP contribution in [-0.2, 0) is 4.74 Å². The number of thioether (sulfide) groups is 1. The zero-order valence-electron chi connectivity index (χ0n) is 13.7. The van der Waals surface area contributed by atoms with Gasteiger partial charge in [0.1, 0.15) is 0 Å². The van der Waals surface area contributed by atoms with Gasteiger partial charge in [0.2, 0.25) is 0 Å². The van der Waals surface area contributed by atoms with Crippen LogP contribution in [0.25, 0.3) is 0 Å². The maximum absolute atomic E-state index is 10.1. The number of hydrogen-bond donors (Lipinski definition) is 2. The fourth-order valence-electron chi connectivity index (χ4n) is 3.63. The van der Waals surface area contributed by atoms with E-state index >= 15 is 0 Å². The predicted molar refractivity (Wildman–Crippen MR) is 90.9 cm³/mol. The lowest BCUT2D eigenvalue weighted by molar-refractivity contribution is -0.0457. The van der Waals surface area contributed by atoms with Gasteiger partial charge in [-0.15, -0.1) is 0 Å². The third-order valence-electron chi connectivity index (χ3n) is 5.19. The number of hydrogen-bond acceptors (Lipinski definition) is 4. The third-order valence-corrected chi connectivity index (χ3v) is 6.32. The van der Waals surface area contributed by atoms with Crippen molar-refractivity contribution in [2.75, 3.05) is 19.4 Å². The second-order valence-electron chi connectivity index (χ2n) is 6.90. The Labute approximate surface area is 134 Å². The minimum atomic E-state index is -0.364. The zero-order chi connectivity index (χ0) is 15.1. The van der Waals surface area contributed by atoms with Crippen molar-refractivity contribution < 1.29 is 9.84 Å². The molecule has 3 unspecified atom stereocenters. The first-order valence-electron chi connectivity index (χ1n) is 8.75. The van der Waals surface area contributed by atoms with Crippen LogP contribution in [-0.4, -0.2) is 48.0 Å². The Kier molecular flexibility index (Phi) is 7.86. The Morgan fingerprint density at radius 2 is 1.86 bits per heavy atom. The molecule has 2 N–H and O–H groups in total. The van der Waals surface area contributed by atoms with Gasteiger partial charge >= 0.3 is 0 Å². The highest BCUT2D eigenvalue weighted by Crippen LogP contribution is 2.27. The summed E-state index contributed by atoms with van der Waals surface area (Å²) in [6.45, 7) is 3.44.